The minimum absolute atomic E-state index is 0.180. The predicted molar refractivity (Wildman–Crippen MR) is 143 cm³/mol. The van der Waals surface area contributed by atoms with Crippen molar-refractivity contribution in [2.75, 3.05) is 22.6 Å². The average molecular weight is 545 g/mol. The van der Waals surface area contributed by atoms with Gasteiger partial charge in [-0.3, -0.25) is 4.98 Å². The molecule has 4 N–H and O–H groups in total. The van der Waals surface area contributed by atoms with Crippen molar-refractivity contribution >= 4 is 43.2 Å². The minimum atomic E-state index is -3.30. The SMILES string of the molecule is C[C@@H](Nc1ncc(-c2nc3c(C4CC4)nccc3s2)c(N[C@@H]2C[C@H](CS(C)(=O)=O)[C@@H](O)[C@H]2O)n1)C1CC1. The van der Waals surface area contributed by atoms with Crippen LogP contribution in [0.1, 0.15) is 50.6 Å². The summed E-state index contributed by atoms with van der Waals surface area (Å²) in [7, 11) is -3.30. The van der Waals surface area contributed by atoms with Crippen molar-refractivity contribution in [2.24, 2.45) is 11.8 Å². The number of aliphatic hydroxyl groups excluding tert-OH is 2. The lowest BCUT2D eigenvalue weighted by Crippen LogP contribution is -2.36. The second-order valence-electron chi connectivity index (χ2n) is 10.9. The molecule has 0 aliphatic heterocycles. The lowest BCUT2D eigenvalue weighted by molar-refractivity contribution is 0.0216. The Labute approximate surface area is 219 Å². The molecule has 0 saturated heterocycles. The number of nitrogens with zero attached hydrogens (tertiary/aromatic N) is 4. The van der Waals surface area contributed by atoms with Crippen LogP contribution in [0, 0.1) is 11.8 Å². The van der Waals surface area contributed by atoms with Crippen LogP contribution in [0.5, 0.6) is 0 Å². The van der Waals surface area contributed by atoms with Gasteiger partial charge < -0.3 is 20.8 Å². The van der Waals surface area contributed by atoms with Crippen LogP contribution in [0.2, 0.25) is 0 Å². The predicted octanol–water partition coefficient (Wildman–Crippen LogP) is 2.80. The maximum absolute atomic E-state index is 11.9. The van der Waals surface area contributed by atoms with Gasteiger partial charge in [-0.1, -0.05) is 0 Å². The maximum atomic E-state index is 11.9. The number of fused-ring (bicyclic) bond motifs is 1. The van der Waals surface area contributed by atoms with Crippen molar-refractivity contribution in [3.8, 4) is 10.6 Å². The molecular weight excluding hydrogens is 512 g/mol. The van der Waals surface area contributed by atoms with Crippen molar-refractivity contribution in [3.05, 3.63) is 24.2 Å². The molecule has 6 rings (SSSR count). The van der Waals surface area contributed by atoms with Gasteiger partial charge in [0.05, 0.1) is 33.9 Å². The highest BCUT2D eigenvalue weighted by Gasteiger charge is 2.43. The molecule has 0 spiro atoms. The third kappa shape index (κ3) is 5.29. The van der Waals surface area contributed by atoms with Crippen molar-refractivity contribution in [1.29, 1.82) is 0 Å². The van der Waals surface area contributed by atoms with Gasteiger partial charge in [0.1, 0.15) is 32.3 Å². The van der Waals surface area contributed by atoms with E-state index >= 15 is 0 Å². The number of thiazole rings is 1. The van der Waals surface area contributed by atoms with E-state index in [4.69, 9.17) is 9.97 Å². The number of rotatable bonds is 9. The van der Waals surface area contributed by atoms with Crippen molar-refractivity contribution < 1.29 is 18.6 Å². The van der Waals surface area contributed by atoms with Crippen LogP contribution in [0.15, 0.2) is 18.5 Å². The molecule has 3 aliphatic carbocycles. The summed E-state index contributed by atoms with van der Waals surface area (Å²) in [4.78, 5) is 18.9. The molecule has 0 radical (unpaired) electrons. The standard InChI is InChI=1S/C25H32N6O4S2/c1-12(13-3-4-13)28-25-27-10-16(24-30-20-18(36-24)7-8-26-19(20)14-5-6-14)23(31-25)29-17-9-15(11-37(2,34)35)21(32)22(17)33/h7-8,10,12-15,17,21-22,32-33H,3-6,9,11H2,1-2H3,(H2,27,28,29,31)/t12-,15-,17-,21-,22+/m1/s1. The summed E-state index contributed by atoms with van der Waals surface area (Å²) in [6.45, 7) is 2.12. The van der Waals surface area contributed by atoms with Gasteiger partial charge in [0, 0.05) is 36.5 Å². The first-order chi connectivity index (χ1) is 17.7. The number of anilines is 2. The number of aromatic nitrogens is 4. The molecular formula is C25H32N6O4S2. The third-order valence-corrected chi connectivity index (χ3v) is 9.73. The fourth-order valence-corrected chi connectivity index (χ4v) is 7.37. The molecule has 5 atom stereocenters. The van der Waals surface area contributed by atoms with Crippen LogP contribution < -0.4 is 10.6 Å². The van der Waals surface area contributed by atoms with Gasteiger partial charge in [-0.15, -0.1) is 11.3 Å². The monoisotopic (exact) mass is 544 g/mol. The smallest absolute Gasteiger partial charge is 0.224 e. The Hall–Kier alpha value is -2.41. The Kier molecular flexibility index (Phi) is 6.33. The summed E-state index contributed by atoms with van der Waals surface area (Å²) in [5, 5.41) is 28.8. The van der Waals surface area contributed by atoms with Crippen LogP contribution in [0.25, 0.3) is 20.8 Å². The zero-order valence-electron chi connectivity index (χ0n) is 20.8. The average Bonchev–Trinajstić information content (AvgIpc) is 3.77. The first-order valence-corrected chi connectivity index (χ1v) is 15.7. The Morgan fingerprint density at radius 3 is 2.62 bits per heavy atom. The highest BCUT2D eigenvalue weighted by atomic mass is 32.2. The summed E-state index contributed by atoms with van der Waals surface area (Å²) < 4.78 is 24.8. The normalized spacial score (nSPS) is 26.9. The number of hydrogen-bond acceptors (Lipinski definition) is 11. The molecule has 198 valence electrons. The van der Waals surface area contributed by atoms with E-state index in [1.807, 2.05) is 12.3 Å². The molecule has 12 heteroatoms. The number of nitrogens with one attached hydrogen (secondary N) is 2. The van der Waals surface area contributed by atoms with E-state index in [9.17, 15) is 18.6 Å². The highest BCUT2D eigenvalue weighted by molar-refractivity contribution is 7.90. The molecule has 3 aliphatic rings. The maximum Gasteiger partial charge on any atom is 0.224 e. The molecule has 0 aromatic carbocycles. The molecule has 0 unspecified atom stereocenters. The molecule has 0 amide bonds. The molecule has 10 nitrogen and oxygen atoms in total. The summed E-state index contributed by atoms with van der Waals surface area (Å²) in [5.41, 5.74) is 2.63. The molecule has 37 heavy (non-hydrogen) atoms. The number of pyridine rings is 1. The summed E-state index contributed by atoms with van der Waals surface area (Å²) in [5.74, 6) is 1.31. The lowest BCUT2D eigenvalue weighted by Gasteiger charge is -2.21. The Morgan fingerprint density at radius 2 is 1.92 bits per heavy atom. The first kappa shape index (κ1) is 24.9. The molecule has 3 fully saturated rings. The second-order valence-corrected chi connectivity index (χ2v) is 14.1. The topological polar surface area (TPSA) is 150 Å². The van der Waals surface area contributed by atoms with Gasteiger partial charge >= 0.3 is 0 Å². The first-order valence-electron chi connectivity index (χ1n) is 12.9. The molecule has 0 bridgehead atoms. The third-order valence-electron chi connectivity index (χ3n) is 7.65. The van der Waals surface area contributed by atoms with Gasteiger partial charge in [-0.05, 0) is 51.0 Å². The molecule has 3 heterocycles. The fraction of sp³-hybridized carbons (Fsp3) is 0.600. The van der Waals surface area contributed by atoms with E-state index in [1.165, 1.54) is 12.8 Å². The van der Waals surface area contributed by atoms with Crippen molar-refractivity contribution in [2.45, 2.75) is 69.2 Å². The largest absolute Gasteiger partial charge is 0.390 e. The van der Waals surface area contributed by atoms with E-state index in [2.05, 4.69) is 27.5 Å². The Bertz CT molecular complexity index is 1420. The van der Waals surface area contributed by atoms with E-state index in [1.54, 1.807) is 17.5 Å². The lowest BCUT2D eigenvalue weighted by atomic mass is 10.1. The van der Waals surface area contributed by atoms with Crippen LogP contribution in [0.3, 0.4) is 0 Å². The van der Waals surface area contributed by atoms with E-state index in [-0.39, 0.29) is 11.8 Å². The van der Waals surface area contributed by atoms with Crippen molar-refractivity contribution in [1.82, 2.24) is 19.9 Å². The van der Waals surface area contributed by atoms with E-state index in [0.717, 1.165) is 40.0 Å². The number of sulfone groups is 1. The van der Waals surface area contributed by atoms with Gasteiger partial charge in [-0.25, -0.2) is 18.4 Å². The summed E-state index contributed by atoms with van der Waals surface area (Å²) in [6, 6.07) is 1.64. The van der Waals surface area contributed by atoms with Gasteiger partial charge in [0.15, 0.2) is 0 Å². The van der Waals surface area contributed by atoms with Gasteiger partial charge in [0.25, 0.3) is 0 Å². The van der Waals surface area contributed by atoms with E-state index < -0.39 is 34.0 Å². The Morgan fingerprint density at radius 1 is 1.14 bits per heavy atom. The van der Waals surface area contributed by atoms with Crippen LogP contribution in [-0.2, 0) is 9.84 Å². The molecule has 3 aromatic heterocycles. The summed E-state index contributed by atoms with van der Waals surface area (Å²) >= 11 is 1.54. The fourth-order valence-electron chi connectivity index (χ4n) is 5.28. The zero-order valence-corrected chi connectivity index (χ0v) is 22.5. The quantitative estimate of drug-likeness (QED) is 0.317. The van der Waals surface area contributed by atoms with Crippen LogP contribution >= 0.6 is 11.3 Å². The van der Waals surface area contributed by atoms with Gasteiger partial charge in [0.2, 0.25) is 5.95 Å². The van der Waals surface area contributed by atoms with Crippen molar-refractivity contribution in [3.63, 3.8) is 0 Å². The highest BCUT2D eigenvalue weighted by Crippen LogP contribution is 2.44. The number of hydrogen-bond donors (Lipinski definition) is 4. The second kappa shape index (κ2) is 9.40. The molecule has 3 aromatic rings. The Balaban J connectivity index is 1.34. The minimum Gasteiger partial charge on any atom is -0.390 e. The van der Waals surface area contributed by atoms with Crippen LogP contribution in [0.4, 0.5) is 11.8 Å². The van der Waals surface area contributed by atoms with E-state index in [0.29, 0.717) is 35.6 Å². The summed E-state index contributed by atoms with van der Waals surface area (Å²) in [6.07, 6.45) is 7.39. The van der Waals surface area contributed by atoms with Gasteiger partial charge in [-0.2, -0.15) is 4.98 Å². The zero-order chi connectivity index (χ0) is 25.9. The van der Waals surface area contributed by atoms with Crippen LogP contribution in [-0.4, -0.2) is 74.9 Å². The molecule has 3 saturated carbocycles. The number of aliphatic hydroxyl groups is 2.